The molecular formula is C13H16BrFN2O2. The molecule has 1 aliphatic rings. The predicted molar refractivity (Wildman–Crippen MR) is 76.4 cm³/mol. The molecule has 0 saturated carbocycles. The van der Waals surface area contributed by atoms with Crippen LogP contribution in [-0.2, 0) is 0 Å². The molecule has 1 saturated heterocycles. The summed E-state index contributed by atoms with van der Waals surface area (Å²) in [5.74, 6) is 0. The maximum Gasteiger partial charge on any atom is 0.293 e. The molecule has 1 heterocycles. The van der Waals surface area contributed by atoms with E-state index in [2.05, 4.69) is 15.9 Å². The van der Waals surface area contributed by atoms with Crippen LogP contribution in [-0.4, -0.2) is 23.2 Å². The number of alkyl halides is 1. The molecule has 4 nitrogen and oxygen atoms in total. The molecule has 19 heavy (non-hydrogen) atoms. The van der Waals surface area contributed by atoms with Gasteiger partial charge in [-0.1, -0.05) is 15.9 Å². The molecule has 0 N–H and O–H groups in total. The molecule has 1 fully saturated rings. The van der Waals surface area contributed by atoms with Gasteiger partial charge in [-0.3, -0.25) is 10.1 Å². The summed E-state index contributed by atoms with van der Waals surface area (Å²) >= 11 is 3.23. The van der Waals surface area contributed by atoms with E-state index in [-0.39, 0.29) is 11.7 Å². The van der Waals surface area contributed by atoms with Gasteiger partial charge in [0.2, 0.25) is 0 Å². The second-order valence-electron chi connectivity index (χ2n) is 5.31. The van der Waals surface area contributed by atoms with Crippen molar-refractivity contribution in [3.8, 4) is 0 Å². The van der Waals surface area contributed by atoms with Crippen LogP contribution in [0.2, 0.25) is 0 Å². The van der Waals surface area contributed by atoms with Crippen molar-refractivity contribution in [3.05, 3.63) is 32.8 Å². The summed E-state index contributed by atoms with van der Waals surface area (Å²) in [6, 6.07) is 4.60. The minimum Gasteiger partial charge on any atom is -0.360 e. The highest BCUT2D eigenvalue weighted by atomic mass is 79.9. The van der Waals surface area contributed by atoms with Crippen molar-refractivity contribution >= 4 is 27.3 Å². The maximum absolute atomic E-state index is 14.2. The Kier molecular flexibility index (Phi) is 3.80. The molecule has 1 aromatic rings. The van der Waals surface area contributed by atoms with Crippen molar-refractivity contribution in [2.75, 3.05) is 11.4 Å². The van der Waals surface area contributed by atoms with Crippen LogP contribution in [0.5, 0.6) is 0 Å². The first-order chi connectivity index (χ1) is 8.80. The Bertz CT molecular complexity index is 502. The van der Waals surface area contributed by atoms with Gasteiger partial charge in [-0.25, -0.2) is 4.39 Å². The maximum atomic E-state index is 14.2. The highest BCUT2D eigenvalue weighted by Gasteiger charge is 2.39. The van der Waals surface area contributed by atoms with Crippen LogP contribution < -0.4 is 4.90 Å². The van der Waals surface area contributed by atoms with Crippen LogP contribution >= 0.6 is 15.9 Å². The van der Waals surface area contributed by atoms with Gasteiger partial charge in [0.1, 0.15) is 11.4 Å². The number of nitro benzene ring substituents is 1. The summed E-state index contributed by atoms with van der Waals surface area (Å²) in [5, 5.41) is 11.2. The van der Waals surface area contributed by atoms with Crippen LogP contribution in [0.1, 0.15) is 26.7 Å². The number of hydrogen-bond donors (Lipinski definition) is 0. The summed E-state index contributed by atoms with van der Waals surface area (Å²) in [5.41, 5.74) is -0.857. The molecule has 2 rings (SSSR count). The zero-order chi connectivity index (χ0) is 14.2. The fourth-order valence-electron chi connectivity index (χ4n) is 2.65. The molecule has 0 spiro atoms. The molecule has 0 unspecified atom stereocenters. The van der Waals surface area contributed by atoms with Gasteiger partial charge in [-0.15, -0.1) is 0 Å². The normalized spacial score (nSPS) is 19.8. The topological polar surface area (TPSA) is 46.4 Å². The Hall–Kier alpha value is -1.17. The first kappa shape index (κ1) is 14.2. The van der Waals surface area contributed by atoms with Crippen molar-refractivity contribution in [1.82, 2.24) is 0 Å². The zero-order valence-corrected chi connectivity index (χ0v) is 12.5. The van der Waals surface area contributed by atoms with Crippen molar-refractivity contribution in [3.63, 3.8) is 0 Å². The lowest BCUT2D eigenvalue weighted by atomic mass is 9.98. The minimum absolute atomic E-state index is 0.0190. The molecule has 0 amide bonds. The van der Waals surface area contributed by atoms with Crippen molar-refractivity contribution in [2.45, 2.75) is 38.4 Å². The highest BCUT2D eigenvalue weighted by Crippen LogP contribution is 2.39. The van der Waals surface area contributed by atoms with E-state index in [9.17, 15) is 14.5 Å². The van der Waals surface area contributed by atoms with Crippen LogP contribution in [0, 0.1) is 10.1 Å². The number of halogens is 2. The van der Waals surface area contributed by atoms with Crippen LogP contribution in [0.25, 0.3) is 0 Å². The van der Waals surface area contributed by atoms with E-state index in [0.717, 1.165) is 12.8 Å². The van der Waals surface area contributed by atoms with Crippen LogP contribution in [0.15, 0.2) is 22.7 Å². The highest BCUT2D eigenvalue weighted by molar-refractivity contribution is 9.10. The van der Waals surface area contributed by atoms with Gasteiger partial charge in [0, 0.05) is 17.1 Å². The third-order valence-corrected chi connectivity index (χ3v) is 3.98. The minimum atomic E-state index is -1.38. The summed E-state index contributed by atoms with van der Waals surface area (Å²) in [7, 11) is 0. The molecule has 6 heteroatoms. The van der Waals surface area contributed by atoms with Crippen LogP contribution in [0.4, 0.5) is 15.8 Å². The van der Waals surface area contributed by atoms with Crippen molar-refractivity contribution in [2.24, 2.45) is 0 Å². The number of rotatable bonds is 3. The van der Waals surface area contributed by atoms with Crippen molar-refractivity contribution in [1.29, 1.82) is 0 Å². The number of nitro groups is 1. The van der Waals surface area contributed by atoms with Gasteiger partial charge in [0.05, 0.1) is 11.0 Å². The van der Waals surface area contributed by atoms with E-state index in [1.807, 2.05) is 4.90 Å². The molecular weight excluding hydrogens is 315 g/mol. The van der Waals surface area contributed by atoms with E-state index in [0.29, 0.717) is 16.7 Å². The monoisotopic (exact) mass is 330 g/mol. The lowest BCUT2D eigenvalue weighted by molar-refractivity contribution is -0.384. The quantitative estimate of drug-likeness (QED) is 0.619. The number of nitrogens with zero attached hydrogens (tertiary/aromatic N) is 2. The van der Waals surface area contributed by atoms with Gasteiger partial charge < -0.3 is 4.90 Å². The Morgan fingerprint density at radius 1 is 1.53 bits per heavy atom. The predicted octanol–water partition coefficient (Wildman–Crippen LogP) is 4.07. The molecule has 104 valence electrons. The molecule has 0 radical (unpaired) electrons. The van der Waals surface area contributed by atoms with Gasteiger partial charge in [0.15, 0.2) is 0 Å². The van der Waals surface area contributed by atoms with E-state index < -0.39 is 10.6 Å². The molecule has 0 bridgehead atoms. The first-order valence-electron chi connectivity index (χ1n) is 6.20. The summed E-state index contributed by atoms with van der Waals surface area (Å²) < 4.78 is 14.9. The van der Waals surface area contributed by atoms with E-state index in [4.69, 9.17) is 0 Å². The molecule has 0 aromatic heterocycles. The summed E-state index contributed by atoms with van der Waals surface area (Å²) in [6.07, 6.45) is 1.57. The second-order valence-corrected chi connectivity index (χ2v) is 6.22. The lowest BCUT2D eigenvalue weighted by Crippen LogP contribution is -2.43. The Balaban J connectivity index is 2.44. The zero-order valence-electron chi connectivity index (χ0n) is 10.9. The standard InChI is InChI=1S/C13H16BrFN2O2/c1-13(2,15)12-4-3-7-16(12)10-6-5-9(14)8-11(10)17(18)19/h5-6,8,12H,3-4,7H2,1-2H3/t12-/m0/s1. The first-order valence-corrected chi connectivity index (χ1v) is 6.99. The van der Waals surface area contributed by atoms with Crippen LogP contribution in [0.3, 0.4) is 0 Å². The molecule has 1 aromatic carbocycles. The van der Waals surface area contributed by atoms with Gasteiger partial charge in [-0.2, -0.15) is 0 Å². The van der Waals surface area contributed by atoms with Crippen molar-refractivity contribution < 1.29 is 9.31 Å². The van der Waals surface area contributed by atoms with Gasteiger partial charge in [-0.05, 0) is 38.8 Å². The summed E-state index contributed by atoms with van der Waals surface area (Å²) in [6.45, 7) is 3.71. The SMILES string of the molecule is CC(C)(F)[C@@H]1CCCN1c1ccc(Br)cc1[N+](=O)[O-]. The van der Waals surface area contributed by atoms with E-state index in [1.165, 1.54) is 19.9 Å². The van der Waals surface area contributed by atoms with E-state index >= 15 is 0 Å². The Labute approximate surface area is 119 Å². The second kappa shape index (κ2) is 5.07. The Morgan fingerprint density at radius 3 is 2.79 bits per heavy atom. The third-order valence-electron chi connectivity index (χ3n) is 3.49. The van der Waals surface area contributed by atoms with Gasteiger partial charge >= 0.3 is 0 Å². The lowest BCUT2D eigenvalue weighted by Gasteiger charge is -2.33. The number of benzene rings is 1. The average Bonchev–Trinajstić information content (AvgIpc) is 2.77. The fraction of sp³-hybridized carbons (Fsp3) is 0.538. The molecule has 0 aliphatic carbocycles. The fourth-order valence-corrected chi connectivity index (χ4v) is 3.00. The third kappa shape index (κ3) is 2.88. The summed E-state index contributed by atoms with van der Waals surface area (Å²) in [4.78, 5) is 12.6. The molecule has 1 atom stereocenters. The largest absolute Gasteiger partial charge is 0.360 e. The average molecular weight is 331 g/mol. The van der Waals surface area contributed by atoms with E-state index in [1.54, 1.807) is 12.1 Å². The Morgan fingerprint density at radius 2 is 2.21 bits per heavy atom. The molecule has 1 aliphatic heterocycles. The number of anilines is 1. The number of hydrogen-bond acceptors (Lipinski definition) is 3. The smallest absolute Gasteiger partial charge is 0.293 e. The van der Waals surface area contributed by atoms with Gasteiger partial charge in [0.25, 0.3) is 5.69 Å².